The summed E-state index contributed by atoms with van der Waals surface area (Å²) in [6.07, 6.45) is 1.10. The van der Waals surface area contributed by atoms with Crippen LogP contribution in [0.4, 0.5) is 4.79 Å². The van der Waals surface area contributed by atoms with E-state index in [1.54, 1.807) is 20.8 Å². The molecule has 2 rings (SSSR count). The Labute approximate surface area is 297 Å². The zero-order valence-electron chi connectivity index (χ0n) is 31.1. The van der Waals surface area contributed by atoms with Gasteiger partial charge in [0, 0.05) is 25.0 Å². The highest BCUT2D eigenvalue weighted by atomic mass is 16.5. The highest BCUT2D eigenvalue weighted by Gasteiger charge is 2.34. The second kappa shape index (κ2) is 21.1. The van der Waals surface area contributed by atoms with E-state index in [0.717, 1.165) is 5.56 Å². The normalized spacial score (nSPS) is 20.3. The number of carbonyl (C=O) groups is 6. The van der Waals surface area contributed by atoms with E-state index in [9.17, 15) is 28.8 Å². The van der Waals surface area contributed by atoms with Gasteiger partial charge in [-0.1, -0.05) is 85.7 Å². The number of benzene rings is 1. The van der Waals surface area contributed by atoms with Gasteiger partial charge in [-0.25, -0.2) is 4.79 Å². The average Bonchev–Trinajstić information content (AvgIpc) is 3.05. The van der Waals surface area contributed by atoms with Crippen molar-refractivity contribution in [2.45, 2.75) is 118 Å². The molecule has 6 amide bonds. The minimum atomic E-state index is -1.20. The largest absolute Gasteiger partial charge is 0.450 e. The second-order valence-electron chi connectivity index (χ2n) is 14.6. The quantitative estimate of drug-likeness (QED) is 0.172. The Hall–Kier alpha value is -4.16. The van der Waals surface area contributed by atoms with Gasteiger partial charge in [-0.15, -0.1) is 0 Å². The van der Waals surface area contributed by atoms with Crippen LogP contribution in [0.15, 0.2) is 30.3 Å². The molecular formula is C37H60N6O7. The zero-order valence-corrected chi connectivity index (χ0v) is 31.1. The van der Waals surface area contributed by atoms with Gasteiger partial charge in [0.1, 0.15) is 18.1 Å². The highest BCUT2D eigenvalue weighted by Crippen LogP contribution is 2.22. The van der Waals surface area contributed by atoms with E-state index >= 15 is 0 Å². The maximum atomic E-state index is 13.8. The van der Waals surface area contributed by atoms with Crippen molar-refractivity contribution in [1.29, 1.82) is 0 Å². The van der Waals surface area contributed by atoms with Gasteiger partial charge in [-0.3, -0.25) is 24.0 Å². The van der Waals surface area contributed by atoms with Gasteiger partial charge in [-0.05, 0) is 54.9 Å². The van der Waals surface area contributed by atoms with E-state index < -0.39 is 42.0 Å². The van der Waals surface area contributed by atoms with E-state index in [1.165, 1.54) is 0 Å². The number of nitrogens with one attached hydrogen (secondary N) is 6. The first-order chi connectivity index (χ1) is 23.6. The van der Waals surface area contributed by atoms with Crippen molar-refractivity contribution >= 4 is 35.6 Å². The third-order valence-electron chi connectivity index (χ3n) is 8.84. The van der Waals surface area contributed by atoms with Crippen LogP contribution in [0.5, 0.6) is 0 Å². The molecule has 0 bridgehead atoms. The smallest absolute Gasteiger partial charge is 0.407 e. The van der Waals surface area contributed by atoms with Crippen molar-refractivity contribution in [3.63, 3.8) is 0 Å². The minimum absolute atomic E-state index is 0.143. The highest BCUT2D eigenvalue weighted by molar-refractivity contribution is 5.94. The lowest BCUT2D eigenvalue weighted by atomic mass is 9.86. The van der Waals surface area contributed by atoms with Crippen LogP contribution in [0.25, 0.3) is 0 Å². The van der Waals surface area contributed by atoms with Crippen LogP contribution in [-0.4, -0.2) is 72.9 Å². The molecule has 6 atom stereocenters. The first-order valence-electron chi connectivity index (χ1n) is 18.0. The SMILES string of the molecule is CC(C)CC(NC(=O)[C@@H]1CC(=O)NCCCCOC(=O)N[C@@H](C(C)C)C(=O)N1)[C@@H](C)C[C@@H](C)C(=O)N[C@H](C(=O)NCc1ccccc1)C(C)C. The standard InChI is InChI=1S/C37H60N6O7/c1-22(2)18-28(25(7)19-26(8)33(45)42-31(23(3)4)35(47)39-21-27-14-10-9-11-15-27)40-34(46)29-20-30(44)38-16-12-13-17-50-37(49)43-32(24(5)6)36(48)41-29/h9-11,14-15,22-26,28-29,31-32H,12-13,16-21H2,1-8H3,(H,38,44)(H,39,47)(H,40,46)(H,41,48)(H,42,45)(H,43,49)/t25-,26+,28?,29-,31-,32-/m0/s1. The molecule has 13 nitrogen and oxygen atoms in total. The number of hydrogen-bond acceptors (Lipinski definition) is 7. The summed E-state index contributed by atoms with van der Waals surface area (Å²) < 4.78 is 5.18. The first kappa shape index (κ1) is 42.0. The maximum Gasteiger partial charge on any atom is 0.407 e. The van der Waals surface area contributed by atoms with Crippen LogP contribution in [0.3, 0.4) is 0 Å². The van der Waals surface area contributed by atoms with Gasteiger partial charge in [0.2, 0.25) is 29.5 Å². The molecule has 50 heavy (non-hydrogen) atoms. The fourth-order valence-electron chi connectivity index (χ4n) is 5.83. The third-order valence-corrected chi connectivity index (χ3v) is 8.84. The number of carbonyl (C=O) groups excluding carboxylic acids is 6. The number of alkyl carbamates (subject to hydrolysis) is 1. The first-order valence-corrected chi connectivity index (χ1v) is 18.0. The molecule has 1 fully saturated rings. The fourth-order valence-corrected chi connectivity index (χ4v) is 5.83. The molecule has 6 N–H and O–H groups in total. The Morgan fingerprint density at radius 2 is 1.54 bits per heavy atom. The van der Waals surface area contributed by atoms with E-state index in [0.29, 0.717) is 38.8 Å². The van der Waals surface area contributed by atoms with Gasteiger partial charge in [0.05, 0.1) is 13.0 Å². The monoisotopic (exact) mass is 700 g/mol. The molecule has 1 aliphatic rings. The van der Waals surface area contributed by atoms with Crippen LogP contribution in [0.2, 0.25) is 0 Å². The lowest BCUT2D eigenvalue weighted by Gasteiger charge is -2.31. The van der Waals surface area contributed by atoms with Crippen LogP contribution >= 0.6 is 0 Å². The summed E-state index contributed by atoms with van der Waals surface area (Å²) in [5.41, 5.74) is 0.957. The molecule has 280 valence electrons. The number of hydrogen-bond donors (Lipinski definition) is 6. The van der Waals surface area contributed by atoms with Crippen LogP contribution in [0.1, 0.15) is 93.1 Å². The average molecular weight is 701 g/mol. The number of cyclic esters (lactones) is 1. The van der Waals surface area contributed by atoms with Crippen LogP contribution in [-0.2, 0) is 35.3 Å². The van der Waals surface area contributed by atoms with Crippen molar-refractivity contribution in [3.8, 4) is 0 Å². The predicted octanol–water partition coefficient (Wildman–Crippen LogP) is 3.17. The van der Waals surface area contributed by atoms with Gasteiger partial charge >= 0.3 is 6.09 Å². The summed E-state index contributed by atoms with van der Waals surface area (Å²) in [6, 6.07) is 6.26. The maximum absolute atomic E-state index is 13.8. The molecule has 1 saturated heterocycles. The van der Waals surface area contributed by atoms with E-state index in [2.05, 4.69) is 31.9 Å². The van der Waals surface area contributed by atoms with Crippen molar-refractivity contribution in [2.24, 2.45) is 29.6 Å². The lowest BCUT2D eigenvalue weighted by Crippen LogP contribution is -2.58. The summed E-state index contributed by atoms with van der Waals surface area (Å²) in [6.45, 7) is 15.9. The number of rotatable bonds is 14. The molecule has 1 aromatic carbocycles. The Morgan fingerprint density at radius 3 is 2.16 bits per heavy atom. The van der Waals surface area contributed by atoms with E-state index in [-0.39, 0.29) is 60.5 Å². The molecular weight excluding hydrogens is 640 g/mol. The van der Waals surface area contributed by atoms with E-state index in [1.807, 2.05) is 65.0 Å². The van der Waals surface area contributed by atoms with Gasteiger partial charge in [0.15, 0.2) is 0 Å². The molecule has 1 unspecified atom stereocenters. The van der Waals surface area contributed by atoms with Gasteiger partial charge in [0.25, 0.3) is 0 Å². The summed E-state index contributed by atoms with van der Waals surface area (Å²) in [5.74, 6) is -2.97. The fraction of sp³-hybridized carbons (Fsp3) is 0.676. The molecule has 0 radical (unpaired) electrons. The molecule has 0 aliphatic carbocycles. The summed E-state index contributed by atoms with van der Waals surface area (Å²) in [4.78, 5) is 78.8. The third kappa shape index (κ3) is 14.8. The number of amides is 6. The molecule has 0 spiro atoms. The Balaban J connectivity index is 2.15. The summed E-state index contributed by atoms with van der Waals surface area (Å²) in [5, 5.41) is 17.0. The predicted molar refractivity (Wildman–Crippen MR) is 191 cm³/mol. The summed E-state index contributed by atoms with van der Waals surface area (Å²) in [7, 11) is 0. The zero-order chi connectivity index (χ0) is 37.4. The van der Waals surface area contributed by atoms with Crippen molar-refractivity contribution < 1.29 is 33.5 Å². The Morgan fingerprint density at radius 1 is 0.860 bits per heavy atom. The topological polar surface area (TPSA) is 184 Å². The van der Waals surface area contributed by atoms with Crippen LogP contribution < -0.4 is 31.9 Å². The van der Waals surface area contributed by atoms with E-state index in [4.69, 9.17) is 4.74 Å². The van der Waals surface area contributed by atoms with Crippen molar-refractivity contribution in [3.05, 3.63) is 35.9 Å². The Kier molecular flexibility index (Phi) is 17.8. The Bertz CT molecular complexity index is 1270. The molecule has 1 aromatic rings. The van der Waals surface area contributed by atoms with Gasteiger partial charge in [-0.2, -0.15) is 0 Å². The molecule has 1 aliphatic heterocycles. The molecule has 0 aromatic heterocycles. The van der Waals surface area contributed by atoms with Crippen molar-refractivity contribution in [2.75, 3.05) is 13.2 Å². The van der Waals surface area contributed by atoms with Crippen molar-refractivity contribution in [1.82, 2.24) is 31.9 Å². The minimum Gasteiger partial charge on any atom is -0.450 e. The number of ether oxygens (including phenoxy) is 1. The molecule has 1 heterocycles. The van der Waals surface area contributed by atoms with Crippen LogP contribution in [0, 0.1) is 29.6 Å². The molecule has 13 heteroatoms. The second-order valence-corrected chi connectivity index (χ2v) is 14.6. The summed E-state index contributed by atoms with van der Waals surface area (Å²) >= 11 is 0. The van der Waals surface area contributed by atoms with Gasteiger partial charge < -0.3 is 36.6 Å². The lowest BCUT2D eigenvalue weighted by molar-refractivity contribution is -0.133. The molecule has 0 saturated carbocycles.